The molecule has 0 bridgehead atoms. The van der Waals surface area contributed by atoms with Crippen LogP contribution in [0.2, 0.25) is 0 Å². The third-order valence-corrected chi connectivity index (χ3v) is 3.55. The van der Waals surface area contributed by atoms with E-state index < -0.39 is 5.91 Å². The molecule has 1 aromatic heterocycles. The van der Waals surface area contributed by atoms with Gasteiger partial charge in [0.25, 0.3) is 11.8 Å². The van der Waals surface area contributed by atoms with E-state index in [9.17, 15) is 9.59 Å². The van der Waals surface area contributed by atoms with Crippen molar-refractivity contribution in [3.63, 3.8) is 0 Å². The van der Waals surface area contributed by atoms with E-state index >= 15 is 0 Å². The summed E-state index contributed by atoms with van der Waals surface area (Å²) in [6.45, 7) is -0.139. The topological polar surface area (TPSA) is 79.8 Å². The van der Waals surface area contributed by atoms with Gasteiger partial charge in [-0.25, -0.2) is 5.43 Å². The van der Waals surface area contributed by atoms with Gasteiger partial charge in [0.1, 0.15) is 5.75 Å². The monoisotopic (exact) mass is 317 g/mol. The Morgan fingerprint density at radius 2 is 2.09 bits per heavy atom. The largest absolute Gasteiger partial charge is 0.496 e. The van der Waals surface area contributed by atoms with Crippen LogP contribution in [0, 0.1) is 0 Å². The highest BCUT2D eigenvalue weighted by Crippen LogP contribution is 2.14. The van der Waals surface area contributed by atoms with Gasteiger partial charge in [0, 0.05) is 5.56 Å². The van der Waals surface area contributed by atoms with Gasteiger partial charge < -0.3 is 10.1 Å². The van der Waals surface area contributed by atoms with Gasteiger partial charge in [0.2, 0.25) is 0 Å². The third-order valence-electron chi connectivity index (χ3n) is 2.69. The number of hydrogen-bond acceptors (Lipinski definition) is 5. The number of nitrogens with one attached hydrogen (secondary N) is 2. The molecule has 0 spiro atoms. The molecule has 0 saturated carbocycles. The highest BCUT2D eigenvalue weighted by molar-refractivity contribution is 7.12. The lowest BCUT2D eigenvalue weighted by molar-refractivity contribution is -0.120. The fraction of sp³-hybridized carbons (Fsp3) is 0.133. The SMILES string of the molecule is COc1ccccc1/C=N\NC(=O)CNC(=O)c1cccs1. The summed E-state index contributed by atoms with van der Waals surface area (Å²) in [6.07, 6.45) is 1.48. The lowest BCUT2D eigenvalue weighted by atomic mass is 10.2. The fourth-order valence-electron chi connectivity index (χ4n) is 1.64. The molecule has 22 heavy (non-hydrogen) atoms. The number of para-hydroxylation sites is 1. The standard InChI is InChI=1S/C15H15N3O3S/c1-21-12-6-3-2-5-11(12)9-17-18-14(19)10-16-15(20)13-7-4-8-22-13/h2-9H,10H2,1H3,(H,16,20)(H,18,19)/b17-9-. The Balaban J connectivity index is 1.80. The van der Waals surface area contributed by atoms with Crippen LogP contribution in [0.1, 0.15) is 15.2 Å². The zero-order chi connectivity index (χ0) is 15.8. The predicted molar refractivity (Wildman–Crippen MR) is 85.4 cm³/mol. The molecule has 0 radical (unpaired) electrons. The van der Waals surface area contributed by atoms with E-state index in [4.69, 9.17) is 4.74 Å². The number of carbonyl (C=O) groups is 2. The Morgan fingerprint density at radius 1 is 1.27 bits per heavy atom. The van der Waals surface area contributed by atoms with Crippen LogP contribution in [0.3, 0.4) is 0 Å². The number of rotatable bonds is 6. The Hall–Kier alpha value is -2.67. The number of thiophene rings is 1. The van der Waals surface area contributed by atoms with Gasteiger partial charge in [-0.1, -0.05) is 18.2 Å². The van der Waals surface area contributed by atoms with Crippen LogP contribution < -0.4 is 15.5 Å². The molecule has 2 rings (SSSR count). The molecule has 2 N–H and O–H groups in total. The van der Waals surface area contributed by atoms with Crippen LogP contribution in [0.5, 0.6) is 5.75 Å². The second-order valence-electron chi connectivity index (χ2n) is 4.20. The number of amides is 2. The third kappa shape index (κ3) is 4.42. The number of ether oxygens (including phenoxy) is 1. The van der Waals surface area contributed by atoms with Gasteiger partial charge in [0.15, 0.2) is 0 Å². The normalized spacial score (nSPS) is 10.4. The van der Waals surface area contributed by atoms with Crippen molar-refractivity contribution in [1.29, 1.82) is 0 Å². The molecule has 7 heteroatoms. The first-order valence-electron chi connectivity index (χ1n) is 6.47. The number of nitrogens with zero attached hydrogens (tertiary/aromatic N) is 1. The van der Waals surface area contributed by atoms with E-state index in [0.717, 1.165) is 5.56 Å². The van der Waals surface area contributed by atoms with Crippen molar-refractivity contribution in [2.45, 2.75) is 0 Å². The lowest BCUT2D eigenvalue weighted by Crippen LogP contribution is -2.34. The van der Waals surface area contributed by atoms with E-state index in [0.29, 0.717) is 10.6 Å². The van der Waals surface area contributed by atoms with Gasteiger partial charge in [-0.2, -0.15) is 5.10 Å². The average molecular weight is 317 g/mol. The number of benzene rings is 1. The summed E-state index contributed by atoms with van der Waals surface area (Å²) in [4.78, 5) is 23.8. The zero-order valence-corrected chi connectivity index (χ0v) is 12.7. The summed E-state index contributed by atoms with van der Waals surface area (Å²) < 4.78 is 5.16. The van der Waals surface area contributed by atoms with Crippen LogP contribution in [-0.4, -0.2) is 31.7 Å². The fourth-order valence-corrected chi connectivity index (χ4v) is 2.28. The average Bonchev–Trinajstić information content (AvgIpc) is 3.07. The molecular weight excluding hydrogens is 302 g/mol. The van der Waals surface area contributed by atoms with Crippen molar-refractivity contribution in [2.75, 3.05) is 13.7 Å². The molecular formula is C15H15N3O3S. The van der Waals surface area contributed by atoms with E-state index in [2.05, 4.69) is 15.8 Å². The summed E-state index contributed by atoms with van der Waals surface area (Å²) in [5.74, 6) is -0.0265. The Bertz CT molecular complexity index is 668. The van der Waals surface area contributed by atoms with E-state index in [1.807, 2.05) is 18.2 Å². The molecule has 0 saturated heterocycles. The minimum atomic E-state index is -0.406. The van der Waals surface area contributed by atoms with Crippen molar-refractivity contribution in [3.05, 3.63) is 52.2 Å². The lowest BCUT2D eigenvalue weighted by Gasteiger charge is -2.04. The van der Waals surface area contributed by atoms with Gasteiger partial charge in [0.05, 0.1) is 24.7 Å². The van der Waals surface area contributed by atoms with E-state index in [1.165, 1.54) is 17.6 Å². The van der Waals surface area contributed by atoms with Gasteiger partial charge in [-0.05, 0) is 23.6 Å². The molecule has 0 aliphatic heterocycles. The first-order valence-corrected chi connectivity index (χ1v) is 7.35. The van der Waals surface area contributed by atoms with Crippen LogP contribution in [0.25, 0.3) is 0 Å². The maximum absolute atomic E-state index is 11.7. The van der Waals surface area contributed by atoms with Gasteiger partial charge >= 0.3 is 0 Å². The van der Waals surface area contributed by atoms with Crippen molar-refractivity contribution in [1.82, 2.24) is 10.7 Å². The molecule has 114 valence electrons. The highest BCUT2D eigenvalue weighted by Gasteiger charge is 2.07. The molecule has 0 fully saturated rings. The molecule has 0 unspecified atom stereocenters. The first-order chi connectivity index (χ1) is 10.7. The minimum absolute atomic E-state index is 0.139. The number of hydrazone groups is 1. The van der Waals surface area contributed by atoms with Crippen molar-refractivity contribution in [3.8, 4) is 5.75 Å². The zero-order valence-electron chi connectivity index (χ0n) is 11.9. The molecule has 6 nitrogen and oxygen atoms in total. The van der Waals surface area contributed by atoms with Crippen LogP contribution in [0.4, 0.5) is 0 Å². The van der Waals surface area contributed by atoms with Crippen LogP contribution in [-0.2, 0) is 4.79 Å². The number of hydrogen-bond donors (Lipinski definition) is 2. The van der Waals surface area contributed by atoms with Crippen LogP contribution >= 0.6 is 11.3 Å². The molecule has 0 aliphatic carbocycles. The Kier molecular flexibility index (Phi) is 5.67. The molecule has 0 aliphatic rings. The maximum atomic E-state index is 11.7. The second kappa shape index (κ2) is 7.94. The highest BCUT2D eigenvalue weighted by atomic mass is 32.1. The molecule has 1 aromatic carbocycles. The molecule has 2 amide bonds. The second-order valence-corrected chi connectivity index (χ2v) is 5.14. The van der Waals surface area contributed by atoms with E-state index in [1.54, 1.807) is 30.7 Å². The molecule has 1 heterocycles. The maximum Gasteiger partial charge on any atom is 0.261 e. The Morgan fingerprint density at radius 3 is 2.82 bits per heavy atom. The first kappa shape index (κ1) is 15.7. The minimum Gasteiger partial charge on any atom is -0.496 e. The molecule has 2 aromatic rings. The smallest absolute Gasteiger partial charge is 0.261 e. The van der Waals surface area contributed by atoms with Gasteiger partial charge in [-0.3, -0.25) is 9.59 Å². The Labute approximate surface area is 131 Å². The van der Waals surface area contributed by atoms with Crippen molar-refractivity contribution in [2.24, 2.45) is 5.10 Å². The summed E-state index contributed by atoms with van der Waals surface area (Å²) in [5, 5.41) is 8.15. The predicted octanol–water partition coefficient (Wildman–Crippen LogP) is 1.64. The number of carbonyl (C=O) groups excluding carboxylic acids is 2. The number of methoxy groups -OCH3 is 1. The van der Waals surface area contributed by atoms with Crippen molar-refractivity contribution >= 4 is 29.4 Å². The molecule has 0 atom stereocenters. The van der Waals surface area contributed by atoms with E-state index in [-0.39, 0.29) is 12.5 Å². The quantitative estimate of drug-likeness (QED) is 0.628. The van der Waals surface area contributed by atoms with Crippen LogP contribution in [0.15, 0.2) is 46.9 Å². The van der Waals surface area contributed by atoms with Crippen molar-refractivity contribution < 1.29 is 14.3 Å². The summed E-state index contributed by atoms with van der Waals surface area (Å²) in [7, 11) is 1.56. The van der Waals surface area contributed by atoms with Gasteiger partial charge in [-0.15, -0.1) is 11.3 Å². The summed E-state index contributed by atoms with van der Waals surface area (Å²) in [6, 6.07) is 10.8. The summed E-state index contributed by atoms with van der Waals surface area (Å²) >= 11 is 1.31. The summed E-state index contributed by atoms with van der Waals surface area (Å²) in [5.41, 5.74) is 3.09.